The molecule has 0 aliphatic carbocycles. The molecule has 0 heterocycles. The van der Waals surface area contributed by atoms with E-state index in [0.29, 0.717) is 19.3 Å². The molecule has 0 aromatic carbocycles. The lowest BCUT2D eigenvalue weighted by atomic mass is 10.0. The molecular formula is C44H78O6. The second kappa shape index (κ2) is 39.4. The van der Waals surface area contributed by atoms with E-state index in [0.717, 1.165) is 103 Å². The molecule has 0 fully saturated rings. The Balaban J connectivity index is 4.25. The molecule has 0 bridgehead atoms. The summed E-state index contributed by atoms with van der Waals surface area (Å²) in [6, 6.07) is 0. The van der Waals surface area contributed by atoms with Gasteiger partial charge < -0.3 is 14.2 Å². The van der Waals surface area contributed by atoms with Crippen molar-refractivity contribution < 1.29 is 28.6 Å². The minimum Gasteiger partial charge on any atom is -0.462 e. The summed E-state index contributed by atoms with van der Waals surface area (Å²) < 4.78 is 16.6. The van der Waals surface area contributed by atoms with Gasteiger partial charge in [-0.1, -0.05) is 160 Å². The Morgan fingerprint density at radius 2 is 0.840 bits per heavy atom. The van der Waals surface area contributed by atoms with Crippen molar-refractivity contribution in [3.63, 3.8) is 0 Å². The van der Waals surface area contributed by atoms with Crippen LogP contribution in [0.1, 0.15) is 206 Å². The summed E-state index contributed by atoms with van der Waals surface area (Å²) in [5, 5.41) is 0. The van der Waals surface area contributed by atoms with Gasteiger partial charge in [0.15, 0.2) is 6.10 Å². The lowest BCUT2D eigenvalue weighted by Crippen LogP contribution is -2.30. The number of carbonyl (C=O) groups excluding carboxylic acids is 3. The highest BCUT2D eigenvalue weighted by Crippen LogP contribution is 2.15. The van der Waals surface area contributed by atoms with Crippen LogP contribution in [0.4, 0.5) is 0 Å². The molecule has 0 aliphatic heterocycles. The summed E-state index contributed by atoms with van der Waals surface area (Å²) >= 11 is 0. The number of esters is 3. The van der Waals surface area contributed by atoms with Crippen LogP contribution in [0.5, 0.6) is 0 Å². The Labute approximate surface area is 308 Å². The molecule has 0 saturated heterocycles. The zero-order chi connectivity index (χ0) is 36.6. The molecule has 0 amide bonds. The fourth-order valence-corrected chi connectivity index (χ4v) is 5.98. The highest BCUT2D eigenvalue weighted by Gasteiger charge is 2.19. The maximum atomic E-state index is 12.6. The first-order valence-corrected chi connectivity index (χ1v) is 20.9. The molecule has 0 spiro atoms. The number of ether oxygens (including phenoxy) is 3. The Kier molecular flexibility index (Phi) is 37.5. The third kappa shape index (κ3) is 36.9. The highest BCUT2D eigenvalue weighted by molar-refractivity contribution is 5.71. The van der Waals surface area contributed by atoms with Crippen molar-refractivity contribution in [2.75, 3.05) is 13.2 Å². The normalized spacial score (nSPS) is 11.8. The van der Waals surface area contributed by atoms with Crippen molar-refractivity contribution in [3.8, 4) is 0 Å². The second-order valence-electron chi connectivity index (χ2n) is 14.1. The minimum absolute atomic E-state index is 0.0839. The van der Waals surface area contributed by atoms with Gasteiger partial charge in [-0.15, -0.1) is 13.2 Å². The topological polar surface area (TPSA) is 78.9 Å². The highest BCUT2D eigenvalue weighted by atomic mass is 16.6. The van der Waals surface area contributed by atoms with Crippen molar-refractivity contribution in [1.29, 1.82) is 0 Å². The zero-order valence-electron chi connectivity index (χ0n) is 32.6. The summed E-state index contributed by atoms with van der Waals surface area (Å²) in [5.74, 6) is -0.931. The number of allylic oxidation sites excluding steroid dienone is 4. The predicted octanol–water partition coefficient (Wildman–Crippen LogP) is 13.0. The maximum Gasteiger partial charge on any atom is 0.306 e. The van der Waals surface area contributed by atoms with Crippen LogP contribution in [-0.2, 0) is 28.6 Å². The van der Waals surface area contributed by atoms with Crippen molar-refractivity contribution >= 4 is 17.9 Å². The van der Waals surface area contributed by atoms with Gasteiger partial charge in [0.1, 0.15) is 13.2 Å². The van der Waals surface area contributed by atoms with E-state index in [9.17, 15) is 14.4 Å². The largest absolute Gasteiger partial charge is 0.462 e. The first-order chi connectivity index (χ1) is 24.5. The lowest BCUT2D eigenvalue weighted by Gasteiger charge is -2.18. The van der Waals surface area contributed by atoms with E-state index < -0.39 is 6.10 Å². The average molecular weight is 703 g/mol. The summed E-state index contributed by atoms with van der Waals surface area (Å²) in [7, 11) is 0. The van der Waals surface area contributed by atoms with Crippen molar-refractivity contribution in [2.24, 2.45) is 0 Å². The summed E-state index contributed by atoms with van der Waals surface area (Å²) in [6.45, 7) is 9.57. The van der Waals surface area contributed by atoms with Crippen LogP contribution < -0.4 is 0 Å². The third-order valence-corrected chi connectivity index (χ3v) is 9.15. The molecule has 0 N–H and O–H groups in total. The van der Waals surface area contributed by atoms with Crippen LogP contribution in [0.2, 0.25) is 0 Å². The van der Waals surface area contributed by atoms with Gasteiger partial charge in [0.2, 0.25) is 0 Å². The first-order valence-electron chi connectivity index (χ1n) is 20.9. The van der Waals surface area contributed by atoms with Gasteiger partial charge in [-0.05, 0) is 51.4 Å². The van der Waals surface area contributed by atoms with Crippen LogP contribution in [0.25, 0.3) is 0 Å². The summed E-state index contributed by atoms with van der Waals surface area (Å²) in [6.07, 6.45) is 40.7. The van der Waals surface area contributed by atoms with Gasteiger partial charge in [0, 0.05) is 19.3 Å². The van der Waals surface area contributed by atoms with Crippen LogP contribution >= 0.6 is 0 Å². The van der Waals surface area contributed by atoms with E-state index in [1.807, 2.05) is 12.2 Å². The average Bonchev–Trinajstić information content (AvgIpc) is 3.11. The summed E-state index contributed by atoms with van der Waals surface area (Å²) in [4.78, 5) is 37.4. The van der Waals surface area contributed by atoms with Gasteiger partial charge in [-0.25, -0.2) is 0 Å². The fraction of sp³-hybridized carbons (Fsp3) is 0.795. The predicted molar refractivity (Wildman–Crippen MR) is 210 cm³/mol. The van der Waals surface area contributed by atoms with Gasteiger partial charge in [0.05, 0.1) is 0 Å². The van der Waals surface area contributed by atoms with Gasteiger partial charge >= 0.3 is 17.9 Å². The van der Waals surface area contributed by atoms with Crippen LogP contribution in [0.15, 0.2) is 37.5 Å². The van der Waals surface area contributed by atoms with Gasteiger partial charge in [0.25, 0.3) is 0 Å². The zero-order valence-corrected chi connectivity index (χ0v) is 32.6. The fourth-order valence-electron chi connectivity index (χ4n) is 5.98. The van der Waals surface area contributed by atoms with Crippen molar-refractivity contribution in [1.82, 2.24) is 0 Å². The Bertz CT molecular complexity index is 834. The second-order valence-corrected chi connectivity index (χ2v) is 14.1. The summed E-state index contributed by atoms with van der Waals surface area (Å²) in [5.41, 5.74) is 0. The number of hydrogen-bond donors (Lipinski definition) is 0. The van der Waals surface area contributed by atoms with Crippen molar-refractivity contribution in [3.05, 3.63) is 37.5 Å². The van der Waals surface area contributed by atoms with Crippen molar-refractivity contribution in [2.45, 2.75) is 212 Å². The van der Waals surface area contributed by atoms with Crippen LogP contribution in [-0.4, -0.2) is 37.2 Å². The SMILES string of the molecule is C=CC/C=C/CCCCCCCC(=O)OCC(COC(=O)CCCCCCCCCCCCCCCCC)OC(=O)CCCCCCCC=C. The molecule has 6 heteroatoms. The number of rotatable bonds is 39. The number of unbranched alkanes of at least 4 members (excludes halogenated alkanes) is 24. The smallest absolute Gasteiger partial charge is 0.306 e. The van der Waals surface area contributed by atoms with E-state index in [4.69, 9.17) is 14.2 Å². The van der Waals surface area contributed by atoms with Gasteiger partial charge in [-0.3, -0.25) is 14.4 Å². The molecule has 0 aliphatic rings. The molecule has 1 atom stereocenters. The maximum absolute atomic E-state index is 12.6. The number of carbonyl (C=O) groups is 3. The van der Waals surface area contributed by atoms with Gasteiger partial charge in [-0.2, -0.15) is 0 Å². The molecule has 50 heavy (non-hydrogen) atoms. The number of hydrogen-bond acceptors (Lipinski definition) is 6. The molecule has 0 saturated carbocycles. The lowest BCUT2D eigenvalue weighted by molar-refractivity contribution is -0.167. The molecule has 0 rings (SSSR count). The standard InChI is InChI=1S/C44H78O6/c1-4-7-10-13-16-18-20-21-22-23-24-26-29-31-34-37-43(46)49-40-41(50-44(47)38-35-32-27-15-12-9-6-3)39-48-42(45)36-33-30-28-25-19-17-14-11-8-5-2/h5-6,11,14,41H,2-4,7-10,12-13,15-40H2,1H3/b14-11+. The first kappa shape index (κ1) is 47.6. The Hall–Kier alpha value is -2.37. The van der Waals surface area contributed by atoms with E-state index in [-0.39, 0.29) is 31.1 Å². The van der Waals surface area contributed by atoms with E-state index >= 15 is 0 Å². The Morgan fingerprint density at radius 1 is 0.460 bits per heavy atom. The molecule has 0 aromatic rings. The van der Waals surface area contributed by atoms with E-state index in [1.165, 1.54) is 77.0 Å². The molecular weight excluding hydrogens is 624 g/mol. The molecule has 290 valence electrons. The molecule has 0 aromatic heterocycles. The van der Waals surface area contributed by atoms with E-state index in [2.05, 4.69) is 32.2 Å². The quantitative estimate of drug-likeness (QED) is 0.0274. The molecule has 0 radical (unpaired) electrons. The Morgan fingerprint density at radius 3 is 1.26 bits per heavy atom. The van der Waals surface area contributed by atoms with E-state index in [1.54, 1.807) is 0 Å². The minimum atomic E-state index is -0.779. The van der Waals surface area contributed by atoms with Crippen LogP contribution in [0, 0.1) is 0 Å². The van der Waals surface area contributed by atoms with Crippen LogP contribution in [0.3, 0.4) is 0 Å². The molecule has 6 nitrogen and oxygen atoms in total. The third-order valence-electron chi connectivity index (χ3n) is 9.15. The monoisotopic (exact) mass is 703 g/mol. The molecule has 1 unspecified atom stereocenters.